The van der Waals surface area contributed by atoms with E-state index < -0.39 is 11.4 Å². The van der Waals surface area contributed by atoms with E-state index in [1.54, 1.807) is 30.6 Å². The molecular formula is C23H24N4O5. The van der Waals surface area contributed by atoms with Crippen molar-refractivity contribution in [1.29, 1.82) is 0 Å². The molecule has 32 heavy (non-hydrogen) atoms. The van der Waals surface area contributed by atoms with Crippen LogP contribution in [0.4, 0.5) is 0 Å². The predicted octanol–water partition coefficient (Wildman–Crippen LogP) is 2.66. The molecule has 3 aromatic rings. The molecule has 3 N–H and O–H groups in total. The van der Waals surface area contributed by atoms with Crippen LogP contribution in [-0.2, 0) is 16.1 Å². The fourth-order valence-corrected chi connectivity index (χ4v) is 3.57. The molecule has 1 aromatic carbocycles. The van der Waals surface area contributed by atoms with Gasteiger partial charge in [-0.25, -0.2) is 0 Å². The second-order valence-electron chi connectivity index (χ2n) is 7.72. The average molecular weight is 436 g/mol. The van der Waals surface area contributed by atoms with Gasteiger partial charge in [0, 0.05) is 31.5 Å². The molecule has 166 valence electrons. The third kappa shape index (κ3) is 4.94. The van der Waals surface area contributed by atoms with Crippen LogP contribution >= 0.6 is 0 Å². The smallest absolute Gasteiger partial charge is 0.311 e. The zero-order chi connectivity index (χ0) is 22.4. The number of amides is 1. The van der Waals surface area contributed by atoms with E-state index in [9.17, 15) is 14.7 Å². The van der Waals surface area contributed by atoms with Gasteiger partial charge < -0.3 is 19.9 Å². The SMILES string of the molecule is O=C(NCC1(C(=O)O)CCOCC1)c1cccc(COc2ccc(-c3ccn[nH]3)nc2)c1. The van der Waals surface area contributed by atoms with Crippen LogP contribution in [0.2, 0.25) is 0 Å². The molecule has 4 rings (SSSR count). The van der Waals surface area contributed by atoms with Gasteiger partial charge in [-0.15, -0.1) is 0 Å². The number of nitrogens with one attached hydrogen (secondary N) is 2. The first-order valence-electron chi connectivity index (χ1n) is 10.3. The third-order valence-electron chi connectivity index (χ3n) is 5.60. The highest BCUT2D eigenvalue weighted by Gasteiger charge is 2.40. The van der Waals surface area contributed by atoms with Gasteiger partial charge in [-0.3, -0.25) is 19.7 Å². The lowest BCUT2D eigenvalue weighted by Gasteiger charge is -2.33. The fraction of sp³-hybridized carbons (Fsp3) is 0.304. The Morgan fingerprint density at radius 3 is 2.72 bits per heavy atom. The van der Waals surface area contributed by atoms with Crippen molar-refractivity contribution in [2.75, 3.05) is 19.8 Å². The summed E-state index contributed by atoms with van der Waals surface area (Å²) in [6.07, 6.45) is 4.05. The Hall–Kier alpha value is -3.72. The Morgan fingerprint density at radius 2 is 2.03 bits per heavy atom. The van der Waals surface area contributed by atoms with E-state index in [-0.39, 0.29) is 19.1 Å². The third-order valence-corrected chi connectivity index (χ3v) is 5.60. The molecule has 0 radical (unpaired) electrons. The number of H-pyrrole nitrogens is 1. The van der Waals surface area contributed by atoms with Crippen molar-refractivity contribution in [2.24, 2.45) is 5.41 Å². The fourth-order valence-electron chi connectivity index (χ4n) is 3.57. The summed E-state index contributed by atoms with van der Waals surface area (Å²) in [6.45, 7) is 1.10. The van der Waals surface area contributed by atoms with E-state index in [0.29, 0.717) is 37.4 Å². The largest absolute Gasteiger partial charge is 0.487 e. The Kier molecular flexibility index (Phi) is 6.46. The van der Waals surface area contributed by atoms with Crippen molar-refractivity contribution in [2.45, 2.75) is 19.4 Å². The number of carbonyl (C=O) groups is 2. The Morgan fingerprint density at radius 1 is 1.19 bits per heavy atom. The van der Waals surface area contributed by atoms with Crippen LogP contribution in [-0.4, -0.2) is 51.9 Å². The number of rotatable bonds is 8. The maximum Gasteiger partial charge on any atom is 0.311 e. The van der Waals surface area contributed by atoms with Crippen LogP contribution in [0.15, 0.2) is 54.9 Å². The number of carboxylic acids is 1. The molecule has 1 aliphatic heterocycles. The number of nitrogens with zero attached hydrogens (tertiary/aromatic N) is 2. The van der Waals surface area contributed by atoms with Gasteiger partial charge in [-0.2, -0.15) is 5.10 Å². The van der Waals surface area contributed by atoms with Crippen LogP contribution in [0.3, 0.4) is 0 Å². The number of aromatic amines is 1. The number of carboxylic acid groups (broad SMARTS) is 1. The lowest BCUT2D eigenvalue weighted by molar-refractivity contribution is -0.154. The summed E-state index contributed by atoms with van der Waals surface area (Å²) >= 11 is 0. The van der Waals surface area contributed by atoms with Gasteiger partial charge in [-0.1, -0.05) is 12.1 Å². The molecule has 9 heteroatoms. The van der Waals surface area contributed by atoms with Crippen molar-refractivity contribution < 1.29 is 24.2 Å². The number of aliphatic carboxylic acids is 1. The van der Waals surface area contributed by atoms with Crippen molar-refractivity contribution in [3.63, 3.8) is 0 Å². The molecule has 1 fully saturated rings. The monoisotopic (exact) mass is 436 g/mol. The molecule has 0 aliphatic carbocycles. The molecule has 1 amide bonds. The number of hydrogen-bond donors (Lipinski definition) is 3. The normalized spacial score (nSPS) is 15.1. The first-order valence-corrected chi connectivity index (χ1v) is 10.3. The van der Waals surface area contributed by atoms with Crippen LogP contribution in [0.25, 0.3) is 11.4 Å². The maximum absolute atomic E-state index is 12.6. The van der Waals surface area contributed by atoms with Crippen molar-refractivity contribution in [3.8, 4) is 17.1 Å². The summed E-state index contributed by atoms with van der Waals surface area (Å²) in [7, 11) is 0. The van der Waals surface area contributed by atoms with E-state index in [1.807, 2.05) is 24.3 Å². The van der Waals surface area contributed by atoms with Crippen molar-refractivity contribution >= 4 is 11.9 Å². The summed E-state index contributed by atoms with van der Waals surface area (Å²) in [5, 5.41) is 19.2. The zero-order valence-electron chi connectivity index (χ0n) is 17.4. The predicted molar refractivity (Wildman–Crippen MR) is 115 cm³/mol. The topological polar surface area (TPSA) is 126 Å². The van der Waals surface area contributed by atoms with Gasteiger partial charge in [0.15, 0.2) is 0 Å². The highest BCUT2D eigenvalue weighted by Crippen LogP contribution is 2.30. The zero-order valence-corrected chi connectivity index (χ0v) is 17.4. The molecule has 0 atom stereocenters. The Bertz CT molecular complexity index is 1060. The van der Waals surface area contributed by atoms with Crippen LogP contribution in [0, 0.1) is 5.41 Å². The van der Waals surface area contributed by atoms with Gasteiger partial charge in [0.05, 0.1) is 23.0 Å². The quantitative estimate of drug-likeness (QED) is 0.495. The van der Waals surface area contributed by atoms with Gasteiger partial charge in [0.1, 0.15) is 12.4 Å². The minimum absolute atomic E-state index is 0.0691. The molecule has 0 spiro atoms. The molecule has 9 nitrogen and oxygen atoms in total. The van der Waals surface area contributed by atoms with Gasteiger partial charge >= 0.3 is 5.97 Å². The molecule has 1 aliphatic rings. The Balaban J connectivity index is 1.34. The van der Waals surface area contributed by atoms with Gasteiger partial charge in [0.2, 0.25) is 0 Å². The number of pyridine rings is 1. The van der Waals surface area contributed by atoms with E-state index in [4.69, 9.17) is 9.47 Å². The van der Waals surface area contributed by atoms with Crippen LogP contribution < -0.4 is 10.1 Å². The highest BCUT2D eigenvalue weighted by molar-refractivity contribution is 5.94. The van der Waals surface area contributed by atoms with Crippen LogP contribution in [0.1, 0.15) is 28.8 Å². The number of hydrogen-bond acceptors (Lipinski definition) is 6. The van der Waals surface area contributed by atoms with Gasteiger partial charge in [0.25, 0.3) is 5.91 Å². The molecule has 0 unspecified atom stereocenters. The minimum atomic E-state index is -0.982. The molecule has 3 heterocycles. The minimum Gasteiger partial charge on any atom is -0.487 e. The van der Waals surface area contributed by atoms with E-state index in [0.717, 1.165) is 17.0 Å². The second-order valence-corrected chi connectivity index (χ2v) is 7.72. The lowest BCUT2D eigenvalue weighted by atomic mass is 9.80. The lowest BCUT2D eigenvalue weighted by Crippen LogP contribution is -2.46. The molecular weight excluding hydrogens is 412 g/mol. The maximum atomic E-state index is 12.6. The standard InChI is InChI=1S/C23H24N4O5/c28-21(25-15-23(22(29)30)7-10-31-11-8-23)17-3-1-2-16(12-17)14-32-18-4-5-19(24-13-18)20-6-9-26-27-20/h1-6,9,12-13H,7-8,10-11,14-15H2,(H,25,28)(H,26,27)(H,29,30). The average Bonchev–Trinajstić information content (AvgIpc) is 3.37. The van der Waals surface area contributed by atoms with Crippen molar-refractivity contribution in [1.82, 2.24) is 20.5 Å². The molecule has 0 bridgehead atoms. The van der Waals surface area contributed by atoms with E-state index >= 15 is 0 Å². The number of aromatic nitrogens is 3. The molecule has 0 saturated carbocycles. The first-order chi connectivity index (χ1) is 15.6. The summed E-state index contributed by atoms with van der Waals surface area (Å²) in [5.41, 5.74) is 1.86. The summed E-state index contributed by atoms with van der Waals surface area (Å²) in [6, 6.07) is 12.5. The van der Waals surface area contributed by atoms with E-state index in [2.05, 4.69) is 20.5 Å². The Labute approximate surface area is 184 Å². The summed E-state index contributed by atoms with van der Waals surface area (Å²) in [4.78, 5) is 28.7. The number of ether oxygens (including phenoxy) is 2. The molecule has 1 saturated heterocycles. The first kappa shape index (κ1) is 21.5. The summed E-state index contributed by atoms with van der Waals surface area (Å²) in [5.74, 6) is -0.619. The number of benzene rings is 1. The summed E-state index contributed by atoms with van der Waals surface area (Å²) < 4.78 is 11.1. The van der Waals surface area contributed by atoms with E-state index in [1.165, 1.54) is 0 Å². The second kappa shape index (κ2) is 9.61. The van der Waals surface area contributed by atoms with Crippen LogP contribution in [0.5, 0.6) is 5.75 Å². The molecule has 2 aromatic heterocycles. The van der Waals surface area contributed by atoms with Gasteiger partial charge in [-0.05, 0) is 48.7 Å². The number of carbonyl (C=O) groups excluding carboxylic acids is 1. The van der Waals surface area contributed by atoms with Crippen molar-refractivity contribution in [3.05, 3.63) is 66.0 Å². The highest BCUT2D eigenvalue weighted by atomic mass is 16.5.